The van der Waals surface area contributed by atoms with Crippen LogP contribution >= 0.6 is 0 Å². The van der Waals surface area contributed by atoms with Crippen molar-refractivity contribution >= 4 is 19.0 Å². The van der Waals surface area contributed by atoms with Crippen LogP contribution in [0.25, 0.3) is 11.4 Å². The van der Waals surface area contributed by atoms with Gasteiger partial charge in [-0.25, -0.2) is 9.67 Å². The summed E-state index contributed by atoms with van der Waals surface area (Å²) in [4.78, 5) is 20.8. The van der Waals surface area contributed by atoms with E-state index in [1.807, 2.05) is 26.1 Å². The molecule has 0 bridgehead atoms. The molecule has 6 rings (SSSR count). The summed E-state index contributed by atoms with van der Waals surface area (Å²) >= 11 is 0. The van der Waals surface area contributed by atoms with Crippen LogP contribution in [-0.2, 0) is 27.7 Å². The van der Waals surface area contributed by atoms with Crippen LogP contribution in [0, 0.1) is 18.8 Å². The second-order valence-corrected chi connectivity index (χ2v) is 13.5. The number of ether oxygens (including phenoxy) is 1. The summed E-state index contributed by atoms with van der Waals surface area (Å²) < 4.78 is 25.8. The number of anilines is 1. The van der Waals surface area contributed by atoms with E-state index in [2.05, 4.69) is 53.5 Å². The standard InChI is InChI=1S/C30H42BN7O6/c1-17-24(41-21-9-7-8-19(14-21)27(39)40)11-10-22(33-17)25-23(38(6)37-35-25)16-32-28-34-26(42-36-28)20-12-18(13-20)15-31-43-29(2,3)30(4,5)44-31/h10-11,18-21H,7-9,12-16H2,1-6H3,(H,32,36)(H,39,40)/t18?,19-,20?,21-/m0/s1. The molecule has 44 heavy (non-hydrogen) atoms. The third-order valence-corrected chi connectivity index (χ3v) is 9.76. The molecule has 3 fully saturated rings. The van der Waals surface area contributed by atoms with E-state index >= 15 is 0 Å². The summed E-state index contributed by atoms with van der Waals surface area (Å²) in [5, 5.41) is 25.4. The number of aryl methyl sites for hydroxylation is 2. The number of carboxylic acids is 1. The van der Waals surface area contributed by atoms with Crippen molar-refractivity contribution in [3.8, 4) is 17.1 Å². The molecule has 0 spiro atoms. The van der Waals surface area contributed by atoms with Crippen molar-refractivity contribution in [2.75, 3.05) is 5.32 Å². The Morgan fingerprint density at radius 1 is 1.14 bits per heavy atom. The largest absolute Gasteiger partial charge is 0.489 e. The second kappa shape index (κ2) is 11.8. The maximum Gasteiger partial charge on any atom is 0.458 e. The van der Waals surface area contributed by atoms with E-state index in [9.17, 15) is 9.90 Å². The highest BCUT2D eigenvalue weighted by Gasteiger charge is 2.52. The number of nitrogens with one attached hydrogen (secondary N) is 1. The maximum atomic E-state index is 11.4. The van der Waals surface area contributed by atoms with E-state index in [4.69, 9.17) is 23.6 Å². The SMILES string of the molecule is Cc1nc(-c2nnn(C)c2CNc2noc(C3CC(CB4OC(C)(C)C(C)(C)O4)C3)n2)ccc1O[C@H]1CCC[C@H](C(=O)O)C1. The molecule has 0 unspecified atom stereocenters. The number of carboxylic acid groups (broad SMARTS) is 1. The predicted octanol–water partition coefficient (Wildman–Crippen LogP) is 4.79. The lowest BCUT2D eigenvalue weighted by Crippen LogP contribution is -2.41. The lowest BCUT2D eigenvalue weighted by Gasteiger charge is -2.33. The summed E-state index contributed by atoms with van der Waals surface area (Å²) in [6.07, 6.45) is 5.56. The molecule has 2 saturated carbocycles. The molecule has 0 amide bonds. The van der Waals surface area contributed by atoms with Gasteiger partial charge in [0.05, 0.1) is 46.9 Å². The molecule has 1 saturated heterocycles. The van der Waals surface area contributed by atoms with E-state index in [1.165, 1.54) is 0 Å². The van der Waals surface area contributed by atoms with E-state index in [0.29, 0.717) is 60.0 Å². The summed E-state index contributed by atoms with van der Waals surface area (Å²) in [6, 6.07) is 3.73. The van der Waals surface area contributed by atoms with Crippen LogP contribution in [-0.4, -0.2) is 65.6 Å². The fourth-order valence-electron chi connectivity index (χ4n) is 6.33. The number of nitrogens with zero attached hydrogens (tertiary/aromatic N) is 6. The van der Waals surface area contributed by atoms with Crippen LogP contribution in [0.15, 0.2) is 16.7 Å². The van der Waals surface area contributed by atoms with Gasteiger partial charge in [-0.2, -0.15) is 4.98 Å². The average molecular weight is 608 g/mol. The van der Waals surface area contributed by atoms with Crippen molar-refractivity contribution in [2.45, 2.75) is 109 Å². The quantitative estimate of drug-likeness (QED) is 0.304. The van der Waals surface area contributed by atoms with Crippen LogP contribution in [0.5, 0.6) is 5.75 Å². The highest BCUT2D eigenvalue weighted by molar-refractivity contribution is 6.45. The van der Waals surface area contributed by atoms with Crippen molar-refractivity contribution in [3.05, 3.63) is 29.4 Å². The number of aromatic nitrogens is 6. The minimum Gasteiger partial charge on any atom is -0.489 e. The zero-order valence-corrected chi connectivity index (χ0v) is 26.4. The molecule has 4 heterocycles. The minimum absolute atomic E-state index is 0.131. The summed E-state index contributed by atoms with van der Waals surface area (Å²) in [6.45, 7) is 10.6. The summed E-state index contributed by atoms with van der Waals surface area (Å²) in [5.41, 5.74) is 2.22. The second-order valence-electron chi connectivity index (χ2n) is 13.5. The summed E-state index contributed by atoms with van der Waals surface area (Å²) in [5.74, 6) is 1.33. The van der Waals surface area contributed by atoms with Crippen molar-refractivity contribution in [2.24, 2.45) is 18.9 Å². The Balaban J connectivity index is 1.03. The number of aliphatic carboxylic acids is 1. The van der Waals surface area contributed by atoms with Crippen LogP contribution < -0.4 is 10.1 Å². The van der Waals surface area contributed by atoms with Gasteiger partial charge in [0.2, 0.25) is 5.89 Å². The average Bonchev–Trinajstić information content (AvgIpc) is 3.61. The number of rotatable bonds is 10. The van der Waals surface area contributed by atoms with Gasteiger partial charge in [-0.3, -0.25) is 4.79 Å². The number of hydrogen-bond donors (Lipinski definition) is 2. The molecule has 13 nitrogen and oxygen atoms in total. The topological polar surface area (TPSA) is 160 Å². The third kappa shape index (κ3) is 6.19. The fraction of sp³-hybridized carbons (Fsp3) is 0.667. The van der Waals surface area contributed by atoms with Gasteiger partial charge in [0, 0.05) is 13.0 Å². The van der Waals surface area contributed by atoms with Gasteiger partial charge in [0.1, 0.15) is 11.4 Å². The Morgan fingerprint density at radius 2 is 1.89 bits per heavy atom. The van der Waals surface area contributed by atoms with E-state index in [0.717, 1.165) is 37.7 Å². The molecule has 1 aliphatic heterocycles. The summed E-state index contributed by atoms with van der Waals surface area (Å²) in [7, 11) is 1.65. The lowest BCUT2D eigenvalue weighted by molar-refractivity contribution is -0.143. The van der Waals surface area contributed by atoms with Gasteiger partial charge in [0.25, 0.3) is 5.95 Å². The Labute approximate surface area is 257 Å². The van der Waals surface area contributed by atoms with Gasteiger partial charge >= 0.3 is 13.1 Å². The van der Waals surface area contributed by atoms with E-state index in [-0.39, 0.29) is 36.3 Å². The van der Waals surface area contributed by atoms with Gasteiger partial charge < -0.3 is 29.0 Å². The number of pyridine rings is 1. The molecule has 236 valence electrons. The molecule has 3 aromatic heterocycles. The fourth-order valence-corrected chi connectivity index (χ4v) is 6.33. The molecular formula is C30H42BN7O6. The monoisotopic (exact) mass is 607 g/mol. The van der Waals surface area contributed by atoms with E-state index < -0.39 is 5.97 Å². The first-order valence-corrected chi connectivity index (χ1v) is 15.6. The molecule has 3 aromatic rings. The van der Waals surface area contributed by atoms with Crippen molar-refractivity contribution < 1.29 is 28.5 Å². The van der Waals surface area contributed by atoms with Crippen molar-refractivity contribution in [1.29, 1.82) is 0 Å². The third-order valence-electron chi connectivity index (χ3n) is 9.76. The van der Waals surface area contributed by atoms with Crippen LogP contribution in [0.3, 0.4) is 0 Å². The van der Waals surface area contributed by atoms with Crippen molar-refractivity contribution in [3.63, 3.8) is 0 Å². The molecule has 0 aromatic carbocycles. The van der Waals surface area contributed by atoms with Crippen LogP contribution in [0.4, 0.5) is 5.95 Å². The Hall–Kier alpha value is -3.52. The maximum absolute atomic E-state index is 11.4. The smallest absolute Gasteiger partial charge is 0.458 e. The van der Waals surface area contributed by atoms with Gasteiger partial charge in [-0.15, -0.1) is 5.10 Å². The van der Waals surface area contributed by atoms with Crippen molar-refractivity contribution in [1.82, 2.24) is 30.1 Å². The zero-order chi connectivity index (χ0) is 31.2. The number of carbonyl (C=O) groups is 1. The molecule has 3 aliphatic rings. The lowest BCUT2D eigenvalue weighted by atomic mass is 9.64. The molecule has 0 radical (unpaired) electrons. The Bertz CT molecular complexity index is 1480. The first kappa shape index (κ1) is 30.5. The Morgan fingerprint density at radius 3 is 2.59 bits per heavy atom. The molecule has 2 N–H and O–H groups in total. The minimum atomic E-state index is -0.754. The first-order valence-electron chi connectivity index (χ1n) is 15.6. The molecule has 14 heteroatoms. The molecular weight excluding hydrogens is 565 g/mol. The molecule has 2 aliphatic carbocycles. The van der Waals surface area contributed by atoms with E-state index in [1.54, 1.807) is 4.68 Å². The normalized spacial score (nSPS) is 25.9. The Kier molecular flexibility index (Phi) is 8.16. The van der Waals surface area contributed by atoms with Gasteiger partial charge in [0.15, 0.2) is 0 Å². The van der Waals surface area contributed by atoms with Gasteiger partial charge in [-0.1, -0.05) is 5.21 Å². The zero-order valence-electron chi connectivity index (χ0n) is 26.4. The highest BCUT2D eigenvalue weighted by Crippen LogP contribution is 2.46. The number of hydrogen-bond acceptors (Lipinski definition) is 11. The van der Waals surface area contributed by atoms with Crippen LogP contribution in [0.2, 0.25) is 6.32 Å². The molecule has 2 atom stereocenters. The predicted molar refractivity (Wildman–Crippen MR) is 161 cm³/mol. The van der Waals surface area contributed by atoms with Crippen LogP contribution in [0.1, 0.15) is 89.4 Å². The highest BCUT2D eigenvalue weighted by atomic mass is 16.7. The van der Waals surface area contributed by atoms with Gasteiger partial charge in [-0.05, 0) is 103 Å². The first-order chi connectivity index (χ1) is 20.9.